The van der Waals surface area contributed by atoms with Gasteiger partial charge >= 0.3 is 0 Å². The first-order valence-electron chi connectivity index (χ1n) is 9.87. The van der Waals surface area contributed by atoms with Gasteiger partial charge < -0.3 is 25.3 Å². The zero-order chi connectivity index (χ0) is 22.5. The maximum Gasteiger partial charge on any atom is 0.248 e. The van der Waals surface area contributed by atoms with Crippen LogP contribution in [0, 0.1) is 0 Å². The number of pyridine rings is 1. The summed E-state index contributed by atoms with van der Waals surface area (Å²) in [6.07, 6.45) is 3.87. The number of fused-ring (bicyclic) bond motifs is 1. The molecule has 2 aromatic heterocycles. The van der Waals surface area contributed by atoms with Gasteiger partial charge in [0.2, 0.25) is 5.88 Å². The van der Waals surface area contributed by atoms with Crippen molar-refractivity contribution in [1.82, 2.24) is 15.0 Å². The number of hydrogen-bond donors (Lipinski definition) is 2. The van der Waals surface area contributed by atoms with E-state index in [1.54, 1.807) is 20.4 Å². The first-order chi connectivity index (χ1) is 15.6. The molecule has 0 aliphatic rings. The second kappa shape index (κ2) is 9.69. The lowest BCUT2D eigenvalue weighted by molar-refractivity contribution is 0.354. The summed E-state index contributed by atoms with van der Waals surface area (Å²) in [7, 11) is 3.23. The second-order valence-corrected chi connectivity index (χ2v) is 7.71. The van der Waals surface area contributed by atoms with Crippen LogP contribution in [0.3, 0.4) is 0 Å². The molecule has 0 radical (unpaired) electrons. The van der Waals surface area contributed by atoms with Gasteiger partial charge in [0.15, 0.2) is 23.1 Å². The highest BCUT2D eigenvalue weighted by Gasteiger charge is 2.14. The summed E-state index contributed by atoms with van der Waals surface area (Å²) in [6.45, 7) is 0.610. The molecule has 0 amide bonds. The van der Waals surface area contributed by atoms with Crippen LogP contribution < -0.4 is 25.3 Å². The third kappa shape index (κ3) is 4.52. The summed E-state index contributed by atoms with van der Waals surface area (Å²) in [6, 6.07) is 13.4. The average molecular weight is 496 g/mol. The molecule has 0 aliphatic heterocycles. The Morgan fingerprint density at radius 1 is 0.969 bits per heavy atom. The molecule has 0 aliphatic carbocycles. The van der Waals surface area contributed by atoms with Crippen molar-refractivity contribution >= 4 is 38.3 Å². The van der Waals surface area contributed by atoms with Crippen molar-refractivity contribution in [2.75, 3.05) is 31.8 Å². The molecule has 4 aromatic rings. The molecule has 164 valence electrons. The first-order valence-corrected chi connectivity index (χ1v) is 10.7. The van der Waals surface area contributed by atoms with E-state index in [4.69, 9.17) is 19.9 Å². The minimum Gasteiger partial charge on any atom is -0.493 e. The van der Waals surface area contributed by atoms with Crippen molar-refractivity contribution in [3.63, 3.8) is 0 Å². The Morgan fingerprint density at radius 3 is 2.59 bits per heavy atom. The van der Waals surface area contributed by atoms with Gasteiger partial charge in [-0.3, -0.25) is 4.98 Å². The van der Waals surface area contributed by atoms with E-state index < -0.39 is 0 Å². The lowest BCUT2D eigenvalue weighted by Crippen LogP contribution is -2.10. The summed E-state index contributed by atoms with van der Waals surface area (Å²) < 4.78 is 17.6. The van der Waals surface area contributed by atoms with Gasteiger partial charge in [-0.2, -0.15) is 4.98 Å². The first kappa shape index (κ1) is 21.6. The van der Waals surface area contributed by atoms with Gasteiger partial charge in [-0.1, -0.05) is 28.1 Å². The third-order valence-corrected chi connectivity index (χ3v) is 5.58. The molecular weight excluding hydrogens is 474 g/mol. The number of nitrogens with two attached hydrogens (primary N) is 1. The van der Waals surface area contributed by atoms with E-state index in [-0.39, 0.29) is 5.88 Å². The Morgan fingerprint density at radius 2 is 1.78 bits per heavy atom. The number of rotatable bonds is 8. The lowest BCUT2D eigenvalue weighted by atomic mass is 10.1. The highest BCUT2D eigenvalue weighted by atomic mass is 79.9. The highest BCUT2D eigenvalue weighted by molar-refractivity contribution is 9.10. The van der Waals surface area contributed by atoms with E-state index in [9.17, 15) is 0 Å². The molecule has 0 unspecified atom stereocenters. The van der Waals surface area contributed by atoms with E-state index in [1.807, 2.05) is 42.5 Å². The molecule has 3 N–H and O–H groups in total. The van der Waals surface area contributed by atoms with Crippen molar-refractivity contribution < 1.29 is 14.2 Å². The molecule has 0 atom stereocenters. The fourth-order valence-corrected chi connectivity index (χ4v) is 3.71. The van der Waals surface area contributed by atoms with Crippen LogP contribution in [0.4, 0.5) is 11.5 Å². The van der Waals surface area contributed by atoms with Crippen molar-refractivity contribution in [2.24, 2.45) is 0 Å². The van der Waals surface area contributed by atoms with E-state index in [0.29, 0.717) is 40.8 Å². The van der Waals surface area contributed by atoms with Crippen LogP contribution in [0.1, 0.15) is 5.56 Å². The number of benzene rings is 2. The fraction of sp³-hybridized carbons (Fsp3) is 0.174. The van der Waals surface area contributed by atoms with Crippen LogP contribution in [0.2, 0.25) is 0 Å². The van der Waals surface area contributed by atoms with Gasteiger partial charge in [0, 0.05) is 22.6 Å². The molecule has 0 fully saturated rings. The minimum atomic E-state index is 0.267. The Balaban J connectivity index is 1.48. The van der Waals surface area contributed by atoms with Gasteiger partial charge in [0.05, 0.1) is 14.2 Å². The number of methoxy groups -OCH3 is 2. The van der Waals surface area contributed by atoms with Crippen LogP contribution in [0.5, 0.6) is 23.1 Å². The molecule has 0 spiro atoms. The zero-order valence-electron chi connectivity index (χ0n) is 17.6. The predicted octanol–water partition coefficient (Wildman–Crippen LogP) is 4.83. The van der Waals surface area contributed by atoms with Gasteiger partial charge in [-0.25, -0.2) is 4.98 Å². The van der Waals surface area contributed by atoms with Crippen molar-refractivity contribution in [3.8, 4) is 23.1 Å². The van der Waals surface area contributed by atoms with Crippen LogP contribution in [-0.4, -0.2) is 35.7 Å². The minimum absolute atomic E-state index is 0.267. The average Bonchev–Trinajstić information content (AvgIpc) is 2.83. The Bertz CT molecular complexity index is 1250. The van der Waals surface area contributed by atoms with Crippen LogP contribution in [0.15, 0.2) is 59.5 Å². The largest absolute Gasteiger partial charge is 0.493 e. The standard InChI is InChI=1S/C23H22BrN5O3/c1-30-17-7-5-14(12-19(17)31-2)9-11-27-22-20(25)23(29-13-28-22)32-18-8-6-16(24)15-4-3-10-26-21(15)18/h3-8,10,12-13H,9,11,25H2,1-2H3,(H,27,28,29). The number of anilines is 2. The van der Waals surface area contributed by atoms with E-state index in [1.165, 1.54) is 6.33 Å². The number of nitrogens with one attached hydrogen (secondary N) is 1. The lowest BCUT2D eigenvalue weighted by Gasteiger charge is -2.13. The van der Waals surface area contributed by atoms with Crippen molar-refractivity contribution in [1.29, 1.82) is 0 Å². The summed E-state index contributed by atoms with van der Waals surface area (Å²) >= 11 is 3.54. The monoisotopic (exact) mass is 495 g/mol. The molecule has 0 bridgehead atoms. The normalized spacial score (nSPS) is 10.7. The number of halogens is 1. The van der Waals surface area contributed by atoms with E-state index in [2.05, 4.69) is 36.2 Å². The van der Waals surface area contributed by atoms with Crippen LogP contribution in [-0.2, 0) is 6.42 Å². The Labute approximate surface area is 193 Å². The smallest absolute Gasteiger partial charge is 0.248 e. The van der Waals surface area contributed by atoms with E-state index in [0.717, 1.165) is 21.8 Å². The van der Waals surface area contributed by atoms with Gasteiger partial charge in [0.1, 0.15) is 17.5 Å². The van der Waals surface area contributed by atoms with Crippen molar-refractivity contribution in [2.45, 2.75) is 6.42 Å². The molecular formula is C23H22BrN5O3. The molecule has 0 saturated carbocycles. The Kier molecular flexibility index (Phi) is 6.55. The van der Waals surface area contributed by atoms with E-state index >= 15 is 0 Å². The number of ether oxygens (including phenoxy) is 3. The molecule has 2 heterocycles. The highest BCUT2D eigenvalue weighted by Crippen LogP contribution is 2.35. The zero-order valence-corrected chi connectivity index (χ0v) is 19.2. The number of nitrogen functional groups attached to an aromatic ring is 1. The Hall–Kier alpha value is -3.59. The summed E-state index contributed by atoms with van der Waals surface area (Å²) in [4.78, 5) is 12.9. The van der Waals surface area contributed by atoms with Crippen LogP contribution in [0.25, 0.3) is 10.9 Å². The number of hydrogen-bond acceptors (Lipinski definition) is 8. The molecule has 8 nitrogen and oxygen atoms in total. The third-order valence-electron chi connectivity index (χ3n) is 4.89. The van der Waals surface area contributed by atoms with Crippen molar-refractivity contribution in [3.05, 3.63) is 65.0 Å². The number of nitrogens with zero attached hydrogens (tertiary/aromatic N) is 3. The molecule has 9 heteroatoms. The van der Waals surface area contributed by atoms with Gasteiger partial charge in [-0.15, -0.1) is 0 Å². The maximum absolute atomic E-state index is 6.29. The molecule has 32 heavy (non-hydrogen) atoms. The predicted molar refractivity (Wildman–Crippen MR) is 128 cm³/mol. The number of aromatic nitrogens is 3. The van der Waals surface area contributed by atoms with Gasteiger partial charge in [-0.05, 0) is 42.3 Å². The molecule has 2 aromatic carbocycles. The summed E-state index contributed by atoms with van der Waals surface area (Å²) in [5, 5.41) is 4.18. The maximum atomic E-state index is 6.29. The quantitative estimate of drug-likeness (QED) is 0.358. The summed E-state index contributed by atoms with van der Waals surface area (Å²) in [5.74, 6) is 2.72. The topological polar surface area (TPSA) is 104 Å². The van der Waals surface area contributed by atoms with Gasteiger partial charge in [0.25, 0.3) is 0 Å². The SMILES string of the molecule is COc1ccc(CCNc2ncnc(Oc3ccc(Br)c4cccnc34)c2N)cc1OC. The molecule has 0 saturated heterocycles. The second-order valence-electron chi connectivity index (χ2n) is 6.85. The summed E-state index contributed by atoms with van der Waals surface area (Å²) in [5.41, 5.74) is 8.42. The molecule has 4 rings (SSSR count). The van der Waals surface area contributed by atoms with Crippen LogP contribution >= 0.6 is 15.9 Å². The fourth-order valence-electron chi connectivity index (χ4n) is 3.26.